The number of anilines is 2. The second-order valence-corrected chi connectivity index (χ2v) is 4.59. The Morgan fingerprint density at radius 2 is 1.74 bits per heavy atom. The highest BCUT2D eigenvalue weighted by Gasteiger charge is 2.14. The molecule has 0 aliphatic heterocycles. The van der Waals surface area contributed by atoms with Gasteiger partial charge in [0, 0.05) is 23.4 Å². The molecule has 0 unspecified atom stereocenters. The third-order valence-electron chi connectivity index (χ3n) is 3.10. The van der Waals surface area contributed by atoms with Gasteiger partial charge >= 0.3 is 0 Å². The van der Waals surface area contributed by atoms with Crippen molar-refractivity contribution >= 4 is 23.0 Å². The molecule has 8 nitrogen and oxygen atoms in total. The molecule has 23 heavy (non-hydrogen) atoms. The van der Waals surface area contributed by atoms with E-state index in [4.69, 9.17) is 15.2 Å². The van der Waals surface area contributed by atoms with Crippen LogP contribution in [-0.4, -0.2) is 25.1 Å². The monoisotopic (exact) mass is 317 g/mol. The molecule has 0 aromatic heterocycles. The van der Waals surface area contributed by atoms with Crippen molar-refractivity contribution in [2.24, 2.45) is 0 Å². The van der Waals surface area contributed by atoms with Crippen LogP contribution in [0.1, 0.15) is 10.4 Å². The number of nitrogens with two attached hydrogens (primary N) is 1. The molecule has 2 aromatic rings. The lowest BCUT2D eigenvalue weighted by Gasteiger charge is -2.09. The molecule has 2 rings (SSSR count). The molecule has 0 atom stereocenters. The molecule has 0 heterocycles. The topological polar surface area (TPSA) is 117 Å². The van der Waals surface area contributed by atoms with Crippen molar-refractivity contribution in [2.75, 3.05) is 25.3 Å². The number of nitrogens with one attached hydrogen (secondary N) is 1. The average molecular weight is 317 g/mol. The SMILES string of the molecule is COc1cc(OC)cc(C(=O)Nc2ccc([N+](=O)[O-])c(N)c2)c1. The standard InChI is InChI=1S/C15H15N3O5/c1-22-11-5-9(6-12(8-11)23-2)15(19)17-10-3-4-14(18(20)21)13(16)7-10/h3-8H,16H2,1-2H3,(H,17,19). The third-order valence-corrected chi connectivity index (χ3v) is 3.10. The lowest BCUT2D eigenvalue weighted by Crippen LogP contribution is -2.12. The highest BCUT2D eigenvalue weighted by molar-refractivity contribution is 6.05. The van der Waals surface area contributed by atoms with Crippen LogP contribution in [-0.2, 0) is 0 Å². The van der Waals surface area contributed by atoms with Crippen molar-refractivity contribution in [3.63, 3.8) is 0 Å². The van der Waals surface area contributed by atoms with Crippen molar-refractivity contribution < 1.29 is 19.2 Å². The summed E-state index contributed by atoms with van der Waals surface area (Å²) in [4.78, 5) is 22.4. The van der Waals surface area contributed by atoms with E-state index in [-0.39, 0.29) is 11.4 Å². The molecule has 0 spiro atoms. The van der Waals surface area contributed by atoms with Gasteiger partial charge in [-0.2, -0.15) is 0 Å². The number of hydrogen-bond acceptors (Lipinski definition) is 6. The van der Waals surface area contributed by atoms with E-state index < -0.39 is 10.8 Å². The maximum atomic E-state index is 12.3. The lowest BCUT2D eigenvalue weighted by molar-refractivity contribution is -0.383. The zero-order chi connectivity index (χ0) is 17.0. The van der Waals surface area contributed by atoms with E-state index in [0.717, 1.165) is 0 Å². The minimum absolute atomic E-state index is 0.0315. The van der Waals surface area contributed by atoms with Crippen LogP contribution in [0.2, 0.25) is 0 Å². The Kier molecular flexibility index (Phi) is 4.65. The molecule has 120 valence electrons. The van der Waals surface area contributed by atoms with E-state index in [1.165, 1.54) is 32.4 Å². The summed E-state index contributed by atoms with van der Waals surface area (Å²) in [6.45, 7) is 0. The van der Waals surface area contributed by atoms with Gasteiger partial charge in [0.05, 0.1) is 19.1 Å². The van der Waals surface area contributed by atoms with E-state index in [1.807, 2.05) is 0 Å². The van der Waals surface area contributed by atoms with Crippen LogP contribution >= 0.6 is 0 Å². The number of carbonyl (C=O) groups is 1. The fraction of sp³-hybridized carbons (Fsp3) is 0.133. The number of nitro groups is 1. The van der Waals surface area contributed by atoms with Crippen LogP contribution in [0, 0.1) is 10.1 Å². The molecule has 8 heteroatoms. The molecule has 3 N–H and O–H groups in total. The van der Waals surface area contributed by atoms with E-state index >= 15 is 0 Å². The quantitative estimate of drug-likeness (QED) is 0.497. The Morgan fingerprint density at radius 3 is 2.22 bits per heavy atom. The molecule has 0 saturated carbocycles. The van der Waals surface area contributed by atoms with Gasteiger partial charge in [-0.25, -0.2) is 0 Å². The van der Waals surface area contributed by atoms with Crippen LogP contribution in [0.15, 0.2) is 36.4 Å². The first-order chi connectivity index (χ1) is 10.9. The molecule has 0 radical (unpaired) electrons. The summed E-state index contributed by atoms with van der Waals surface area (Å²) in [6, 6.07) is 8.70. The minimum Gasteiger partial charge on any atom is -0.497 e. The average Bonchev–Trinajstić information content (AvgIpc) is 2.53. The Labute approximate surface area is 132 Å². The molecule has 1 amide bonds. The molecule has 0 fully saturated rings. The van der Waals surface area contributed by atoms with Crippen molar-refractivity contribution in [3.8, 4) is 11.5 Å². The summed E-state index contributed by atoms with van der Waals surface area (Å²) < 4.78 is 10.2. The first-order valence-electron chi connectivity index (χ1n) is 6.53. The van der Waals surface area contributed by atoms with E-state index in [9.17, 15) is 14.9 Å². The van der Waals surface area contributed by atoms with Gasteiger partial charge in [0.1, 0.15) is 17.2 Å². The van der Waals surface area contributed by atoms with Gasteiger partial charge in [0.15, 0.2) is 0 Å². The van der Waals surface area contributed by atoms with E-state index in [0.29, 0.717) is 22.7 Å². The third kappa shape index (κ3) is 3.67. The summed E-state index contributed by atoms with van der Waals surface area (Å²) in [5, 5.41) is 13.3. The normalized spacial score (nSPS) is 10.0. The van der Waals surface area contributed by atoms with Gasteiger partial charge in [-0.05, 0) is 24.3 Å². The van der Waals surface area contributed by atoms with Gasteiger partial charge in [0.2, 0.25) is 0 Å². The fourth-order valence-electron chi connectivity index (χ4n) is 1.94. The predicted molar refractivity (Wildman–Crippen MR) is 85.0 cm³/mol. The largest absolute Gasteiger partial charge is 0.497 e. The number of hydrogen-bond donors (Lipinski definition) is 2. The predicted octanol–water partition coefficient (Wildman–Crippen LogP) is 2.45. The number of benzene rings is 2. The summed E-state index contributed by atoms with van der Waals surface area (Å²) >= 11 is 0. The molecule has 0 aliphatic carbocycles. The molecule has 0 saturated heterocycles. The van der Waals surface area contributed by atoms with Crippen molar-refractivity contribution in [1.29, 1.82) is 0 Å². The highest BCUT2D eigenvalue weighted by Crippen LogP contribution is 2.26. The number of carbonyl (C=O) groups excluding carboxylic acids is 1. The molecule has 0 aliphatic rings. The highest BCUT2D eigenvalue weighted by atomic mass is 16.6. The summed E-state index contributed by atoms with van der Waals surface area (Å²) in [5.74, 6) is 0.519. The summed E-state index contributed by atoms with van der Waals surface area (Å²) in [6.07, 6.45) is 0. The van der Waals surface area contributed by atoms with Crippen molar-refractivity contribution in [2.45, 2.75) is 0 Å². The van der Waals surface area contributed by atoms with Crippen LogP contribution in [0.3, 0.4) is 0 Å². The van der Waals surface area contributed by atoms with Crippen LogP contribution < -0.4 is 20.5 Å². The number of amides is 1. The number of ether oxygens (including phenoxy) is 2. The number of rotatable bonds is 5. The van der Waals surface area contributed by atoms with Gasteiger partial charge < -0.3 is 20.5 Å². The molecule has 0 bridgehead atoms. The van der Waals surface area contributed by atoms with Crippen LogP contribution in [0.5, 0.6) is 11.5 Å². The zero-order valence-corrected chi connectivity index (χ0v) is 12.5. The van der Waals surface area contributed by atoms with E-state index in [2.05, 4.69) is 5.32 Å². The van der Waals surface area contributed by atoms with Crippen molar-refractivity contribution in [1.82, 2.24) is 0 Å². The van der Waals surface area contributed by atoms with Gasteiger partial charge in [-0.1, -0.05) is 0 Å². The van der Waals surface area contributed by atoms with Gasteiger partial charge in [-0.3, -0.25) is 14.9 Å². The van der Waals surface area contributed by atoms with Crippen molar-refractivity contribution in [3.05, 3.63) is 52.1 Å². The Balaban J connectivity index is 2.25. The first-order valence-corrected chi connectivity index (χ1v) is 6.53. The minimum atomic E-state index is -0.589. The summed E-state index contributed by atoms with van der Waals surface area (Å²) in [5.41, 5.74) is 6.01. The summed E-state index contributed by atoms with van der Waals surface area (Å²) in [7, 11) is 2.96. The molecular formula is C15H15N3O5. The zero-order valence-electron chi connectivity index (χ0n) is 12.5. The molecular weight excluding hydrogens is 302 g/mol. The number of methoxy groups -OCH3 is 2. The maximum Gasteiger partial charge on any atom is 0.292 e. The second-order valence-electron chi connectivity index (χ2n) is 4.59. The fourth-order valence-corrected chi connectivity index (χ4v) is 1.94. The molecule has 2 aromatic carbocycles. The van der Waals surface area contributed by atoms with Gasteiger partial charge in [0.25, 0.3) is 11.6 Å². The lowest BCUT2D eigenvalue weighted by atomic mass is 10.1. The first kappa shape index (κ1) is 16.1. The maximum absolute atomic E-state index is 12.3. The number of nitrogen functional groups attached to an aromatic ring is 1. The number of nitro benzene ring substituents is 1. The number of nitrogens with zero attached hydrogens (tertiary/aromatic N) is 1. The van der Waals surface area contributed by atoms with Crippen LogP contribution in [0.25, 0.3) is 0 Å². The smallest absolute Gasteiger partial charge is 0.292 e. The Bertz CT molecular complexity index is 739. The van der Waals surface area contributed by atoms with Gasteiger partial charge in [-0.15, -0.1) is 0 Å². The van der Waals surface area contributed by atoms with E-state index in [1.54, 1.807) is 18.2 Å². The Hall–Kier alpha value is -3.29. The Morgan fingerprint density at radius 1 is 1.13 bits per heavy atom. The van der Waals surface area contributed by atoms with Crippen LogP contribution in [0.4, 0.5) is 17.1 Å². The second kappa shape index (κ2) is 6.65.